The van der Waals surface area contributed by atoms with Crippen LogP contribution in [0.2, 0.25) is 0 Å². The first-order valence-corrected chi connectivity index (χ1v) is 10.1. The molecule has 1 saturated heterocycles. The lowest BCUT2D eigenvalue weighted by atomic mass is 10.4. The number of thioether (sulfide) groups is 1. The van der Waals surface area contributed by atoms with Gasteiger partial charge >= 0.3 is 0 Å². The molecule has 7 heteroatoms. The Labute approximate surface area is 131 Å². The van der Waals surface area contributed by atoms with Crippen LogP contribution in [0.15, 0.2) is 17.2 Å². The minimum atomic E-state index is -3.37. The van der Waals surface area contributed by atoms with Crippen LogP contribution in [0.25, 0.3) is 0 Å². The highest BCUT2D eigenvalue weighted by Crippen LogP contribution is 2.38. The normalized spacial score (nSPS) is 24.4. The van der Waals surface area contributed by atoms with Crippen molar-refractivity contribution in [3.8, 4) is 0 Å². The molecule has 5 nitrogen and oxygen atoms in total. The Morgan fingerprint density at radius 1 is 1.43 bits per heavy atom. The van der Waals surface area contributed by atoms with Crippen LogP contribution in [0.3, 0.4) is 0 Å². The number of rotatable bonds is 5. The van der Waals surface area contributed by atoms with Crippen LogP contribution in [0, 0.1) is 0 Å². The zero-order valence-electron chi connectivity index (χ0n) is 12.6. The number of nitrogens with zero attached hydrogens (tertiary/aromatic N) is 2. The van der Waals surface area contributed by atoms with Crippen LogP contribution in [-0.4, -0.2) is 48.4 Å². The summed E-state index contributed by atoms with van der Waals surface area (Å²) in [7, 11) is -1.47. The van der Waals surface area contributed by atoms with E-state index in [0.29, 0.717) is 24.0 Å². The van der Waals surface area contributed by atoms with E-state index >= 15 is 0 Å². The molecule has 1 saturated carbocycles. The molecule has 2 heterocycles. The van der Waals surface area contributed by atoms with Gasteiger partial charge in [-0.05, 0) is 32.9 Å². The minimum absolute atomic E-state index is 0.0748. The molecule has 1 atom stereocenters. The van der Waals surface area contributed by atoms with E-state index in [0.717, 1.165) is 30.0 Å². The van der Waals surface area contributed by atoms with Gasteiger partial charge in [-0.1, -0.05) is 0 Å². The smallest absolute Gasteiger partial charge is 0.244 e. The van der Waals surface area contributed by atoms with Gasteiger partial charge < -0.3 is 9.88 Å². The highest BCUT2D eigenvalue weighted by atomic mass is 32.2. The highest BCUT2D eigenvalue weighted by molar-refractivity contribution is 7.99. The molecular weight excluding hydrogens is 306 g/mol. The number of sulfonamides is 1. The average molecular weight is 329 g/mol. The maximum Gasteiger partial charge on any atom is 0.244 e. The van der Waals surface area contributed by atoms with Crippen molar-refractivity contribution in [3.05, 3.63) is 18.0 Å². The Morgan fingerprint density at radius 2 is 2.19 bits per heavy atom. The van der Waals surface area contributed by atoms with Gasteiger partial charge in [0.05, 0.1) is 0 Å². The molecule has 0 bridgehead atoms. The first-order chi connectivity index (χ1) is 10.0. The Hall–Kier alpha value is -0.500. The second-order valence-electron chi connectivity index (χ2n) is 5.88. The summed E-state index contributed by atoms with van der Waals surface area (Å²) in [5.41, 5.74) is 1.07. The summed E-state index contributed by atoms with van der Waals surface area (Å²) in [6, 6.07) is 2.41. The van der Waals surface area contributed by atoms with Crippen LogP contribution < -0.4 is 5.32 Å². The molecule has 1 aromatic heterocycles. The van der Waals surface area contributed by atoms with E-state index < -0.39 is 10.0 Å². The van der Waals surface area contributed by atoms with Gasteiger partial charge in [0, 0.05) is 48.6 Å². The Balaban J connectivity index is 1.92. The maximum absolute atomic E-state index is 12.9. The van der Waals surface area contributed by atoms with E-state index in [2.05, 4.69) is 9.88 Å². The van der Waals surface area contributed by atoms with Crippen LogP contribution in [-0.2, 0) is 16.6 Å². The second kappa shape index (κ2) is 5.95. The van der Waals surface area contributed by atoms with Crippen molar-refractivity contribution < 1.29 is 8.42 Å². The van der Waals surface area contributed by atoms with Crippen molar-refractivity contribution in [2.24, 2.45) is 0 Å². The number of hydrogen-bond donors (Lipinski definition) is 1. The third kappa shape index (κ3) is 3.02. The van der Waals surface area contributed by atoms with Gasteiger partial charge in [0.1, 0.15) is 4.90 Å². The van der Waals surface area contributed by atoms with Gasteiger partial charge in [0.2, 0.25) is 10.0 Å². The minimum Gasteiger partial charge on any atom is -0.346 e. The molecule has 1 aliphatic carbocycles. The topological polar surface area (TPSA) is 54.3 Å². The monoisotopic (exact) mass is 329 g/mol. The average Bonchev–Trinajstić information content (AvgIpc) is 3.20. The fraction of sp³-hybridized carbons (Fsp3) is 0.714. The van der Waals surface area contributed by atoms with Gasteiger partial charge in [-0.3, -0.25) is 0 Å². The molecule has 3 rings (SSSR count). The molecule has 2 fully saturated rings. The molecule has 1 unspecified atom stereocenters. The molecule has 118 valence electrons. The van der Waals surface area contributed by atoms with Crippen LogP contribution in [0.1, 0.15) is 31.5 Å². The number of aromatic nitrogens is 1. The van der Waals surface area contributed by atoms with E-state index in [1.54, 1.807) is 4.31 Å². The zero-order chi connectivity index (χ0) is 15.0. The first kappa shape index (κ1) is 15.4. The van der Waals surface area contributed by atoms with Gasteiger partial charge in [0.15, 0.2) is 0 Å². The molecule has 21 heavy (non-hydrogen) atoms. The summed E-state index contributed by atoms with van der Waals surface area (Å²) in [5.74, 6) is 1.77. The van der Waals surface area contributed by atoms with Crippen LogP contribution >= 0.6 is 11.8 Å². The summed E-state index contributed by atoms with van der Waals surface area (Å²) in [4.78, 5) is 0.457. The molecular formula is C14H23N3O2S2. The van der Waals surface area contributed by atoms with E-state index in [1.807, 2.05) is 38.0 Å². The molecule has 0 spiro atoms. The van der Waals surface area contributed by atoms with Gasteiger partial charge in [0.25, 0.3) is 0 Å². The van der Waals surface area contributed by atoms with E-state index in [-0.39, 0.29) is 6.04 Å². The third-order valence-corrected chi connectivity index (χ3v) is 7.29. The zero-order valence-corrected chi connectivity index (χ0v) is 14.2. The highest BCUT2D eigenvalue weighted by Gasteiger charge is 2.34. The van der Waals surface area contributed by atoms with Crippen molar-refractivity contribution in [3.63, 3.8) is 0 Å². The lowest BCUT2D eigenvalue weighted by Gasteiger charge is -2.31. The standard InChI is InChI=1S/C14H23N3O2S2/c1-11-10-20-6-5-17(11)21(18,19)14-7-13(8-15-2)16(9-14)12-3-4-12/h7,9,11-12,15H,3-6,8,10H2,1-2H3. The Kier molecular flexibility index (Phi) is 4.36. The molecule has 1 aliphatic heterocycles. The lowest BCUT2D eigenvalue weighted by molar-refractivity contribution is 0.367. The SMILES string of the molecule is CNCc1cc(S(=O)(=O)N2CCSCC2C)cn1C1CC1. The molecule has 1 aromatic rings. The van der Waals surface area contributed by atoms with Crippen molar-refractivity contribution in [1.29, 1.82) is 0 Å². The molecule has 0 radical (unpaired) electrons. The fourth-order valence-corrected chi connectivity index (χ4v) is 5.76. The number of hydrogen-bond acceptors (Lipinski definition) is 4. The van der Waals surface area contributed by atoms with E-state index in [1.165, 1.54) is 0 Å². The quantitative estimate of drug-likeness (QED) is 0.893. The molecule has 2 aliphatic rings. The van der Waals surface area contributed by atoms with Crippen LogP contribution in [0.5, 0.6) is 0 Å². The second-order valence-corrected chi connectivity index (χ2v) is 8.92. The summed E-state index contributed by atoms with van der Waals surface area (Å²) in [6.07, 6.45) is 4.15. The van der Waals surface area contributed by atoms with E-state index in [4.69, 9.17) is 0 Å². The van der Waals surface area contributed by atoms with Gasteiger partial charge in [-0.15, -0.1) is 0 Å². The van der Waals surface area contributed by atoms with Gasteiger partial charge in [-0.2, -0.15) is 16.1 Å². The van der Waals surface area contributed by atoms with Crippen LogP contribution in [0.4, 0.5) is 0 Å². The summed E-state index contributed by atoms with van der Waals surface area (Å²) in [5, 5.41) is 3.13. The van der Waals surface area contributed by atoms with Gasteiger partial charge in [-0.25, -0.2) is 8.42 Å². The largest absolute Gasteiger partial charge is 0.346 e. The summed E-state index contributed by atoms with van der Waals surface area (Å²) in [6.45, 7) is 3.32. The summed E-state index contributed by atoms with van der Waals surface area (Å²) < 4.78 is 29.6. The maximum atomic E-state index is 12.9. The van der Waals surface area contributed by atoms with Crippen molar-refractivity contribution in [2.75, 3.05) is 25.1 Å². The third-order valence-electron chi connectivity index (χ3n) is 4.12. The van der Waals surface area contributed by atoms with Crippen molar-refractivity contribution in [2.45, 2.75) is 43.3 Å². The van der Waals surface area contributed by atoms with Crippen molar-refractivity contribution >= 4 is 21.8 Å². The molecule has 0 aromatic carbocycles. The fourth-order valence-electron chi connectivity index (χ4n) is 2.86. The Morgan fingerprint density at radius 3 is 2.81 bits per heavy atom. The first-order valence-electron chi connectivity index (χ1n) is 7.49. The van der Waals surface area contributed by atoms with Crippen molar-refractivity contribution in [1.82, 2.24) is 14.2 Å². The lowest BCUT2D eigenvalue weighted by Crippen LogP contribution is -2.44. The Bertz CT molecular complexity index is 608. The number of nitrogens with one attached hydrogen (secondary N) is 1. The molecule has 1 N–H and O–H groups in total. The van der Waals surface area contributed by atoms with E-state index in [9.17, 15) is 8.42 Å². The predicted molar refractivity (Wildman–Crippen MR) is 86.1 cm³/mol. The predicted octanol–water partition coefficient (Wildman–Crippen LogP) is 1.67. The molecule has 0 amide bonds. The summed E-state index contributed by atoms with van der Waals surface area (Å²) >= 11 is 1.83.